The van der Waals surface area contributed by atoms with Crippen molar-refractivity contribution in [1.29, 1.82) is 0 Å². The number of halogens is 2. The van der Waals surface area contributed by atoms with Gasteiger partial charge in [-0.1, -0.05) is 41.9 Å². The molecular weight excluding hydrogens is 397 g/mol. The molecule has 0 unspecified atom stereocenters. The van der Waals surface area contributed by atoms with Gasteiger partial charge in [0, 0.05) is 25.2 Å². The fraction of sp³-hybridized carbons (Fsp3) is 0.333. The summed E-state index contributed by atoms with van der Waals surface area (Å²) in [6, 6.07) is 12.8. The second-order valence-electron chi connectivity index (χ2n) is 6.60. The molecule has 2 aromatic rings. The van der Waals surface area contributed by atoms with E-state index in [1.165, 1.54) is 12.1 Å². The quantitative estimate of drug-likeness (QED) is 0.610. The number of anilines is 1. The highest BCUT2D eigenvalue weighted by Crippen LogP contribution is 2.20. The first kappa shape index (κ1) is 22.8. The molecule has 6 nitrogen and oxygen atoms in total. The standard InChI is InChI=1S/C21H25ClFN3O3/c1-26(12-13-29-2)11-10-18(15-6-4-3-5-7-15)24-20(27)21(28)25-19-9-8-16(22)14-17(19)23/h3-9,14,18H,10-13H2,1-2H3,(H,24,27)(H,25,28)/t18-/m1/s1. The second kappa shape index (κ2) is 11.5. The summed E-state index contributed by atoms with van der Waals surface area (Å²) in [5.41, 5.74) is 0.775. The summed E-state index contributed by atoms with van der Waals surface area (Å²) < 4.78 is 18.9. The minimum atomic E-state index is -0.945. The van der Waals surface area contributed by atoms with Crippen LogP contribution in [0.25, 0.3) is 0 Å². The molecule has 0 aromatic heterocycles. The third-order valence-corrected chi connectivity index (χ3v) is 4.60. The molecule has 8 heteroatoms. The van der Waals surface area contributed by atoms with Crippen LogP contribution < -0.4 is 10.6 Å². The smallest absolute Gasteiger partial charge is 0.313 e. The number of benzene rings is 2. The van der Waals surface area contributed by atoms with Crippen LogP contribution in [0.5, 0.6) is 0 Å². The number of rotatable bonds is 9. The van der Waals surface area contributed by atoms with Gasteiger partial charge in [0.1, 0.15) is 5.82 Å². The van der Waals surface area contributed by atoms with Gasteiger partial charge in [0.2, 0.25) is 0 Å². The first-order chi connectivity index (χ1) is 13.9. The maximum absolute atomic E-state index is 13.9. The van der Waals surface area contributed by atoms with Crippen LogP contribution in [0.15, 0.2) is 48.5 Å². The molecule has 2 rings (SSSR count). The number of nitrogens with one attached hydrogen (secondary N) is 2. The Bertz CT molecular complexity index is 820. The third kappa shape index (κ3) is 7.45. The summed E-state index contributed by atoms with van der Waals surface area (Å²) in [5, 5.41) is 5.21. The van der Waals surface area contributed by atoms with Crippen LogP contribution in [0.3, 0.4) is 0 Å². The van der Waals surface area contributed by atoms with Gasteiger partial charge in [-0.3, -0.25) is 9.59 Å². The highest BCUT2D eigenvalue weighted by molar-refractivity contribution is 6.39. The van der Waals surface area contributed by atoms with E-state index in [2.05, 4.69) is 15.5 Å². The van der Waals surface area contributed by atoms with Crippen molar-refractivity contribution in [3.8, 4) is 0 Å². The van der Waals surface area contributed by atoms with E-state index in [9.17, 15) is 14.0 Å². The van der Waals surface area contributed by atoms with E-state index < -0.39 is 17.6 Å². The zero-order valence-electron chi connectivity index (χ0n) is 16.5. The maximum Gasteiger partial charge on any atom is 0.313 e. The van der Waals surface area contributed by atoms with E-state index in [-0.39, 0.29) is 16.8 Å². The first-order valence-electron chi connectivity index (χ1n) is 9.20. The van der Waals surface area contributed by atoms with Gasteiger partial charge < -0.3 is 20.3 Å². The lowest BCUT2D eigenvalue weighted by molar-refractivity contribution is -0.136. The molecule has 0 heterocycles. The molecule has 0 aliphatic carbocycles. The normalized spacial score (nSPS) is 11.9. The van der Waals surface area contributed by atoms with Crippen molar-refractivity contribution in [2.75, 3.05) is 39.2 Å². The summed E-state index contributed by atoms with van der Waals surface area (Å²) >= 11 is 5.70. The van der Waals surface area contributed by atoms with Gasteiger partial charge in [0.05, 0.1) is 18.3 Å². The van der Waals surface area contributed by atoms with Crippen molar-refractivity contribution < 1.29 is 18.7 Å². The SMILES string of the molecule is COCCN(C)CC[C@@H](NC(=O)C(=O)Nc1ccc(Cl)cc1F)c1ccccc1. The lowest BCUT2D eigenvalue weighted by Gasteiger charge is -2.23. The number of likely N-dealkylation sites (N-methyl/N-ethyl adjacent to an activating group) is 1. The average Bonchev–Trinajstić information content (AvgIpc) is 2.71. The Kier molecular flexibility index (Phi) is 9.05. The monoisotopic (exact) mass is 421 g/mol. The molecule has 2 N–H and O–H groups in total. The van der Waals surface area contributed by atoms with Crippen LogP contribution in [0, 0.1) is 5.82 Å². The van der Waals surface area contributed by atoms with Crippen molar-refractivity contribution in [2.24, 2.45) is 0 Å². The molecule has 29 heavy (non-hydrogen) atoms. The molecule has 2 aromatic carbocycles. The molecule has 0 fully saturated rings. The third-order valence-electron chi connectivity index (χ3n) is 4.37. The van der Waals surface area contributed by atoms with Crippen LogP contribution in [-0.2, 0) is 14.3 Å². The molecule has 0 radical (unpaired) electrons. The second-order valence-corrected chi connectivity index (χ2v) is 7.04. The van der Waals surface area contributed by atoms with E-state index >= 15 is 0 Å². The van der Waals surface area contributed by atoms with E-state index in [0.717, 1.165) is 18.2 Å². The van der Waals surface area contributed by atoms with Crippen LogP contribution in [0.4, 0.5) is 10.1 Å². The van der Waals surface area contributed by atoms with E-state index in [4.69, 9.17) is 16.3 Å². The lowest BCUT2D eigenvalue weighted by atomic mass is 10.0. The minimum absolute atomic E-state index is 0.106. The van der Waals surface area contributed by atoms with Gasteiger partial charge in [0.25, 0.3) is 0 Å². The Labute approximate surface area is 175 Å². The van der Waals surface area contributed by atoms with Crippen LogP contribution in [0.1, 0.15) is 18.0 Å². The number of carbonyl (C=O) groups is 2. The largest absolute Gasteiger partial charge is 0.383 e. The van der Waals surface area contributed by atoms with Gasteiger partial charge in [-0.15, -0.1) is 0 Å². The molecule has 0 bridgehead atoms. The Morgan fingerprint density at radius 2 is 1.86 bits per heavy atom. The highest BCUT2D eigenvalue weighted by atomic mass is 35.5. The number of amides is 2. The molecule has 0 aliphatic heterocycles. The van der Waals surface area contributed by atoms with Crippen molar-refractivity contribution in [1.82, 2.24) is 10.2 Å². The van der Waals surface area contributed by atoms with Gasteiger partial charge in [-0.05, 0) is 37.2 Å². The summed E-state index contributed by atoms with van der Waals surface area (Å²) in [4.78, 5) is 26.7. The Balaban J connectivity index is 2.02. The van der Waals surface area contributed by atoms with Crippen molar-refractivity contribution >= 4 is 29.1 Å². The Hall–Kier alpha value is -2.48. The number of hydrogen-bond acceptors (Lipinski definition) is 4. The first-order valence-corrected chi connectivity index (χ1v) is 9.58. The molecule has 0 saturated carbocycles. The fourth-order valence-corrected chi connectivity index (χ4v) is 2.87. The zero-order valence-corrected chi connectivity index (χ0v) is 17.2. The minimum Gasteiger partial charge on any atom is -0.383 e. The van der Waals surface area contributed by atoms with Crippen molar-refractivity contribution in [3.05, 3.63) is 64.9 Å². The fourth-order valence-electron chi connectivity index (χ4n) is 2.71. The maximum atomic E-state index is 13.9. The van der Waals surface area contributed by atoms with Crippen molar-refractivity contribution in [2.45, 2.75) is 12.5 Å². The van der Waals surface area contributed by atoms with Crippen LogP contribution in [0.2, 0.25) is 5.02 Å². The molecule has 0 aliphatic rings. The van der Waals surface area contributed by atoms with Crippen LogP contribution in [-0.4, -0.2) is 50.6 Å². The Morgan fingerprint density at radius 1 is 1.14 bits per heavy atom. The Morgan fingerprint density at radius 3 is 2.52 bits per heavy atom. The van der Waals surface area contributed by atoms with E-state index in [1.54, 1.807) is 7.11 Å². The van der Waals surface area contributed by atoms with Gasteiger partial charge in [0.15, 0.2) is 0 Å². The summed E-state index contributed by atoms with van der Waals surface area (Å²) in [5.74, 6) is -2.49. The predicted octanol–water partition coefficient (Wildman–Crippen LogP) is 3.24. The summed E-state index contributed by atoms with van der Waals surface area (Å²) in [6.45, 7) is 2.05. The molecular formula is C21H25ClFN3O3. The zero-order chi connectivity index (χ0) is 21.2. The number of carbonyl (C=O) groups excluding carboxylic acids is 2. The van der Waals surface area contributed by atoms with E-state index in [0.29, 0.717) is 19.6 Å². The number of hydrogen-bond donors (Lipinski definition) is 2. The lowest BCUT2D eigenvalue weighted by Crippen LogP contribution is -2.39. The van der Waals surface area contributed by atoms with Gasteiger partial charge >= 0.3 is 11.8 Å². The van der Waals surface area contributed by atoms with Gasteiger partial charge in [-0.25, -0.2) is 4.39 Å². The van der Waals surface area contributed by atoms with Crippen LogP contribution >= 0.6 is 11.6 Å². The molecule has 0 saturated heterocycles. The molecule has 156 valence electrons. The highest BCUT2D eigenvalue weighted by Gasteiger charge is 2.21. The van der Waals surface area contributed by atoms with E-state index in [1.807, 2.05) is 37.4 Å². The molecule has 2 amide bonds. The molecule has 1 atom stereocenters. The van der Waals surface area contributed by atoms with Crippen molar-refractivity contribution in [3.63, 3.8) is 0 Å². The topological polar surface area (TPSA) is 70.7 Å². The number of methoxy groups -OCH3 is 1. The van der Waals surface area contributed by atoms with Gasteiger partial charge in [-0.2, -0.15) is 0 Å². The number of nitrogens with zero attached hydrogens (tertiary/aromatic N) is 1. The summed E-state index contributed by atoms with van der Waals surface area (Å²) in [6.07, 6.45) is 0.596. The summed E-state index contributed by atoms with van der Waals surface area (Å²) in [7, 11) is 3.60. The predicted molar refractivity (Wildman–Crippen MR) is 111 cm³/mol. The molecule has 0 spiro atoms. The average molecular weight is 422 g/mol. The number of ether oxygens (including phenoxy) is 1.